The standard InChI is InChI=1S/C9H5BrN2O2/c10-4-6-2-1-3-7-8(6)12-9(14-7)11-5-13/h1-3H,4H2. The van der Waals surface area contributed by atoms with E-state index in [-0.39, 0.29) is 6.01 Å². The van der Waals surface area contributed by atoms with Crippen molar-refractivity contribution in [3.8, 4) is 0 Å². The molecular weight excluding hydrogens is 248 g/mol. The van der Waals surface area contributed by atoms with Gasteiger partial charge in [-0.25, -0.2) is 4.79 Å². The number of alkyl halides is 1. The second-order valence-electron chi connectivity index (χ2n) is 2.60. The van der Waals surface area contributed by atoms with Crippen LogP contribution >= 0.6 is 15.9 Å². The molecule has 0 aliphatic rings. The number of hydrogen-bond acceptors (Lipinski definition) is 4. The van der Waals surface area contributed by atoms with Crippen LogP contribution in [0.1, 0.15) is 5.56 Å². The number of rotatable bonds is 2. The molecular formula is C9H5BrN2O2. The van der Waals surface area contributed by atoms with Crippen molar-refractivity contribution >= 4 is 39.1 Å². The van der Waals surface area contributed by atoms with Crippen LogP contribution < -0.4 is 0 Å². The molecule has 2 rings (SSSR count). The Kier molecular flexibility index (Phi) is 2.43. The third-order valence-corrected chi connectivity index (χ3v) is 2.38. The van der Waals surface area contributed by atoms with Crippen molar-refractivity contribution < 1.29 is 9.21 Å². The molecule has 0 N–H and O–H groups in total. The number of nitrogens with zero attached hydrogens (tertiary/aromatic N) is 2. The van der Waals surface area contributed by atoms with E-state index < -0.39 is 0 Å². The van der Waals surface area contributed by atoms with Gasteiger partial charge in [0.15, 0.2) is 5.58 Å². The first-order valence-corrected chi connectivity index (χ1v) is 4.99. The lowest BCUT2D eigenvalue weighted by Crippen LogP contribution is -1.78. The van der Waals surface area contributed by atoms with Crippen LogP contribution in [0.25, 0.3) is 11.1 Å². The van der Waals surface area contributed by atoms with E-state index in [1.165, 1.54) is 6.08 Å². The van der Waals surface area contributed by atoms with Gasteiger partial charge in [-0.1, -0.05) is 28.1 Å². The topological polar surface area (TPSA) is 55.5 Å². The van der Waals surface area contributed by atoms with Crippen molar-refractivity contribution in [3.05, 3.63) is 23.8 Å². The van der Waals surface area contributed by atoms with Gasteiger partial charge in [0, 0.05) is 5.33 Å². The van der Waals surface area contributed by atoms with Crippen LogP contribution in [0.2, 0.25) is 0 Å². The van der Waals surface area contributed by atoms with Gasteiger partial charge in [0.05, 0.1) is 0 Å². The molecule has 4 nitrogen and oxygen atoms in total. The average molecular weight is 253 g/mol. The fraction of sp³-hybridized carbons (Fsp3) is 0.111. The Morgan fingerprint density at radius 1 is 1.57 bits per heavy atom. The van der Waals surface area contributed by atoms with Crippen molar-refractivity contribution in [1.29, 1.82) is 0 Å². The van der Waals surface area contributed by atoms with Crippen LogP contribution in [0, 0.1) is 0 Å². The first kappa shape index (κ1) is 9.12. The highest BCUT2D eigenvalue weighted by atomic mass is 79.9. The molecule has 0 bridgehead atoms. The Balaban J connectivity index is 2.69. The highest BCUT2D eigenvalue weighted by molar-refractivity contribution is 9.08. The van der Waals surface area contributed by atoms with Gasteiger partial charge in [-0.15, -0.1) is 4.99 Å². The average Bonchev–Trinajstić information content (AvgIpc) is 2.60. The molecule has 0 aliphatic carbocycles. The molecule has 0 amide bonds. The second-order valence-corrected chi connectivity index (χ2v) is 3.16. The summed E-state index contributed by atoms with van der Waals surface area (Å²) in [6, 6.07) is 5.61. The third-order valence-electron chi connectivity index (χ3n) is 1.78. The summed E-state index contributed by atoms with van der Waals surface area (Å²) in [6.07, 6.45) is 1.39. The Bertz CT molecular complexity index is 515. The van der Waals surface area contributed by atoms with E-state index in [2.05, 4.69) is 25.9 Å². The summed E-state index contributed by atoms with van der Waals surface area (Å²) in [5, 5.41) is 0.682. The number of benzene rings is 1. The summed E-state index contributed by atoms with van der Waals surface area (Å²) >= 11 is 3.34. The predicted octanol–water partition coefficient (Wildman–Crippen LogP) is 2.69. The molecule has 0 spiro atoms. The van der Waals surface area contributed by atoms with E-state index in [4.69, 9.17) is 4.42 Å². The van der Waals surface area contributed by atoms with Gasteiger partial charge in [-0.3, -0.25) is 0 Å². The summed E-state index contributed by atoms with van der Waals surface area (Å²) in [7, 11) is 0. The molecule has 0 saturated carbocycles. The monoisotopic (exact) mass is 252 g/mol. The van der Waals surface area contributed by atoms with Crippen LogP contribution in [-0.2, 0) is 10.1 Å². The zero-order chi connectivity index (χ0) is 9.97. The number of para-hydroxylation sites is 1. The molecule has 0 atom stereocenters. The van der Waals surface area contributed by atoms with Gasteiger partial charge < -0.3 is 4.42 Å². The first-order chi connectivity index (χ1) is 6.85. The van der Waals surface area contributed by atoms with Gasteiger partial charge in [-0.2, -0.15) is 4.98 Å². The van der Waals surface area contributed by atoms with Gasteiger partial charge in [0.25, 0.3) is 0 Å². The highest BCUT2D eigenvalue weighted by Crippen LogP contribution is 2.24. The van der Waals surface area contributed by atoms with Crippen LogP contribution in [-0.4, -0.2) is 11.1 Å². The minimum absolute atomic E-state index is 0.0448. The molecule has 5 heteroatoms. The quantitative estimate of drug-likeness (QED) is 0.469. The summed E-state index contributed by atoms with van der Waals surface area (Å²) < 4.78 is 5.19. The summed E-state index contributed by atoms with van der Waals surface area (Å²) in [5.41, 5.74) is 2.34. The number of isocyanates is 1. The molecule has 1 aromatic heterocycles. The number of carbonyl (C=O) groups excluding carboxylic acids is 1. The number of hydrogen-bond donors (Lipinski definition) is 0. The van der Waals surface area contributed by atoms with Crippen LogP contribution in [0.3, 0.4) is 0 Å². The van der Waals surface area contributed by atoms with E-state index in [0.717, 1.165) is 11.1 Å². The lowest BCUT2D eigenvalue weighted by molar-refractivity contribution is 0.560. The minimum atomic E-state index is 0.0448. The Labute approximate surface area is 87.8 Å². The summed E-state index contributed by atoms with van der Waals surface area (Å²) in [4.78, 5) is 17.4. The van der Waals surface area contributed by atoms with Gasteiger partial charge in [0.1, 0.15) is 5.52 Å². The lowest BCUT2D eigenvalue weighted by atomic mass is 10.2. The van der Waals surface area contributed by atoms with Crippen LogP contribution in [0.15, 0.2) is 27.6 Å². The number of oxazole rings is 1. The second kappa shape index (κ2) is 3.74. The fourth-order valence-corrected chi connectivity index (χ4v) is 1.64. The van der Waals surface area contributed by atoms with Crippen molar-refractivity contribution in [2.75, 3.05) is 0 Å². The Morgan fingerprint density at radius 3 is 3.14 bits per heavy atom. The molecule has 0 radical (unpaired) electrons. The third kappa shape index (κ3) is 1.47. The highest BCUT2D eigenvalue weighted by Gasteiger charge is 2.07. The maximum absolute atomic E-state index is 10.0. The first-order valence-electron chi connectivity index (χ1n) is 3.87. The SMILES string of the molecule is O=C=Nc1nc2c(CBr)cccc2o1. The Morgan fingerprint density at radius 2 is 2.43 bits per heavy atom. The minimum Gasteiger partial charge on any atom is -0.421 e. The molecule has 0 fully saturated rings. The van der Waals surface area contributed by atoms with Crippen LogP contribution in [0.4, 0.5) is 6.01 Å². The van der Waals surface area contributed by atoms with Crippen molar-refractivity contribution in [1.82, 2.24) is 4.98 Å². The maximum atomic E-state index is 10.0. The molecule has 14 heavy (non-hydrogen) atoms. The fourth-order valence-electron chi connectivity index (χ4n) is 1.19. The normalized spacial score (nSPS) is 10.1. The molecule has 0 unspecified atom stereocenters. The predicted molar refractivity (Wildman–Crippen MR) is 54.4 cm³/mol. The van der Waals surface area contributed by atoms with Crippen molar-refractivity contribution in [2.45, 2.75) is 5.33 Å². The number of fused-ring (bicyclic) bond motifs is 1. The number of aliphatic imine (C=N–C) groups is 1. The molecule has 70 valence electrons. The number of aromatic nitrogens is 1. The van der Waals surface area contributed by atoms with E-state index >= 15 is 0 Å². The largest absolute Gasteiger partial charge is 0.421 e. The molecule has 0 saturated heterocycles. The molecule has 2 aromatic rings. The van der Waals surface area contributed by atoms with Crippen molar-refractivity contribution in [3.63, 3.8) is 0 Å². The summed E-state index contributed by atoms with van der Waals surface area (Å²) in [6.45, 7) is 0. The smallest absolute Gasteiger partial charge is 0.333 e. The van der Waals surface area contributed by atoms with E-state index in [0.29, 0.717) is 10.9 Å². The van der Waals surface area contributed by atoms with Gasteiger partial charge in [-0.05, 0) is 11.6 Å². The summed E-state index contributed by atoms with van der Waals surface area (Å²) in [5.74, 6) is 0. The van der Waals surface area contributed by atoms with Gasteiger partial charge in [0.2, 0.25) is 6.08 Å². The van der Waals surface area contributed by atoms with Gasteiger partial charge >= 0.3 is 6.01 Å². The maximum Gasteiger partial charge on any atom is 0.333 e. The molecule has 0 aliphatic heterocycles. The molecule has 1 aromatic carbocycles. The van der Waals surface area contributed by atoms with Crippen molar-refractivity contribution in [2.24, 2.45) is 4.99 Å². The zero-order valence-electron chi connectivity index (χ0n) is 7.03. The Hall–Kier alpha value is -1.45. The molecule has 1 heterocycles. The van der Waals surface area contributed by atoms with E-state index in [9.17, 15) is 4.79 Å². The van der Waals surface area contributed by atoms with Crippen LogP contribution in [0.5, 0.6) is 0 Å². The lowest BCUT2D eigenvalue weighted by Gasteiger charge is -1.92. The van der Waals surface area contributed by atoms with E-state index in [1.54, 1.807) is 6.07 Å². The van der Waals surface area contributed by atoms with E-state index in [1.807, 2.05) is 12.1 Å². The zero-order valence-corrected chi connectivity index (χ0v) is 8.61. The number of halogens is 1.